The van der Waals surface area contributed by atoms with Crippen molar-refractivity contribution in [1.82, 2.24) is 9.88 Å². The molecule has 18 heavy (non-hydrogen) atoms. The van der Waals surface area contributed by atoms with Crippen molar-refractivity contribution in [2.24, 2.45) is 10.9 Å². The van der Waals surface area contributed by atoms with Gasteiger partial charge in [-0.25, -0.2) is 0 Å². The van der Waals surface area contributed by atoms with Gasteiger partial charge in [0.2, 0.25) is 0 Å². The average Bonchev–Trinajstić information content (AvgIpc) is 2.34. The molecule has 100 valence electrons. The Labute approximate surface area is 108 Å². The maximum atomic E-state index is 8.41. The zero-order valence-electron chi connectivity index (χ0n) is 11.1. The number of unbranched alkanes of at least 4 members (excludes halogenated alkanes) is 1. The van der Waals surface area contributed by atoms with E-state index in [1.807, 2.05) is 25.1 Å². The predicted molar refractivity (Wildman–Crippen MR) is 72.6 cm³/mol. The van der Waals surface area contributed by atoms with Crippen LogP contribution in [0, 0.1) is 6.92 Å². The normalized spacial score (nSPS) is 12.1. The summed E-state index contributed by atoms with van der Waals surface area (Å²) in [6.07, 6.45) is 2.60. The Morgan fingerprint density at radius 2 is 2.22 bits per heavy atom. The average molecular weight is 250 g/mol. The van der Waals surface area contributed by atoms with E-state index in [2.05, 4.69) is 22.1 Å². The van der Waals surface area contributed by atoms with Crippen molar-refractivity contribution >= 4 is 5.84 Å². The van der Waals surface area contributed by atoms with Crippen LogP contribution in [-0.2, 0) is 6.54 Å². The van der Waals surface area contributed by atoms with Crippen LogP contribution in [0.5, 0.6) is 0 Å². The second-order valence-electron chi connectivity index (χ2n) is 4.56. The molecule has 0 aromatic carbocycles. The standard InChI is InChI=1S/C13H22N4O/c1-11-6-5-7-12(15-11)10-17(2)9-4-3-8-13(14)16-18/h5-7,18H,3-4,8-10H2,1-2H3,(H2,14,16). The highest BCUT2D eigenvalue weighted by atomic mass is 16.4. The molecule has 1 aromatic rings. The van der Waals surface area contributed by atoms with Crippen molar-refractivity contribution in [3.63, 3.8) is 0 Å². The van der Waals surface area contributed by atoms with Crippen molar-refractivity contribution in [3.05, 3.63) is 29.6 Å². The van der Waals surface area contributed by atoms with Crippen LogP contribution in [0.2, 0.25) is 0 Å². The molecule has 0 unspecified atom stereocenters. The van der Waals surface area contributed by atoms with Crippen molar-refractivity contribution < 1.29 is 5.21 Å². The third-order valence-corrected chi connectivity index (χ3v) is 2.73. The van der Waals surface area contributed by atoms with Crippen LogP contribution >= 0.6 is 0 Å². The van der Waals surface area contributed by atoms with Gasteiger partial charge in [-0.3, -0.25) is 4.98 Å². The van der Waals surface area contributed by atoms with Gasteiger partial charge in [-0.2, -0.15) is 0 Å². The second-order valence-corrected chi connectivity index (χ2v) is 4.56. The number of nitrogens with zero attached hydrogens (tertiary/aromatic N) is 3. The van der Waals surface area contributed by atoms with E-state index in [-0.39, 0.29) is 0 Å². The van der Waals surface area contributed by atoms with Crippen molar-refractivity contribution in [3.8, 4) is 0 Å². The highest BCUT2D eigenvalue weighted by Crippen LogP contribution is 2.04. The minimum Gasteiger partial charge on any atom is -0.409 e. The van der Waals surface area contributed by atoms with Gasteiger partial charge in [-0.05, 0) is 45.5 Å². The van der Waals surface area contributed by atoms with Crippen LogP contribution in [-0.4, -0.2) is 34.5 Å². The molecule has 0 aliphatic rings. The molecular formula is C13H22N4O. The summed E-state index contributed by atoms with van der Waals surface area (Å²) in [5.41, 5.74) is 7.55. The summed E-state index contributed by atoms with van der Waals surface area (Å²) in [5, 5.41) is 11.4. The van der Waals surface area contributed by atoms with E-state index >= 15 is 0 Å². The molecule has 0 atom stereocenters. The number of aromatic nitrogens is 1. The minimum atomic E-state index is 0.304. The zero-order chi connectivity index (χ0) is 13.4. The van der Waals surface area contributed by atoms with Crippen LogP contribution in [0.3, 0.4) is 0 Å². The highest BCUT2D eigenvalue weighted by molar-refractivity contribution is 5.79. The zero-order valence-corrected chi connectivity index (χ0v) is 11.1. The van der Waals surface area contributed by atoms with Crippen LogP contribution in [0.25, 0.3) is 0 Å². The molecule has 0 fully saturated rings. The van der Waals surface area contributed by atoms with E-state index in [4.69, 9.17) is 10.9 Å². The maximum absolute atomic E-state index is 8.41. The maximum Gasteiger partial charge on any atom is 0.139 e. The van der Waals surface area contributed by atoms with Gasteiger partial charge in [-0.15, -0.1) is 0 Å². The molecule has 1 aromatic heterocycles. The molecule has 0 aliphatic carbocycles. The van der Waals surface area contributed by atoms with Gasteiger partial charge in [0.05, 0.1) is 5.69 Å². The molecule has 1 rings (SSSR count). The fourth-order valence-corrected chi connectivity index (χ4v) is 1.78. The number of pyridine rings is 1. The Kier molecular flexibility index (Phi) is 6.14. The Bertz CT molecular complexity index is 392. The van der Waals surface area contributed by atoms with E-state index in [0.717, 1.165) is 37.3 Å². The topological polar surface area (TPSA) is 74.7 Å². The van der Waals surface area contributed by atoms with Gasteiger partial charge in [-0.1, -0.05) is 11.2 Å². The van der Waals surface area contributed by atoms with Gasteiger partial charge in [0.25, 0.3) is 0 Å². The molecule has 0 amide bonds. The summed E-state index contributed by atoms with van der Waals surface area (Å²) < 4.78 is 0. The Morgan fingerprint density at radius 1 is 1.44 bits per heavy atom. The summed E-state index contributed by atoms with van der Waals surface area (Å²) >= 11 is 0. The number of aryl methyl sites for hydroxylation is 1. The van der Waals surface area contributed by atoms with E-state index in [0.29, 0.717) is 12.3 Å². The van der Waals surface area contributed by atoms with Gasteiger partial charge in [0.1, 0.15) is 5.84 Å². The van der Waals surface area contributed by atoms with Gasteiger partial charge >= 0.3 is 0 Å². The number of amidine groups is 1. The van der Waals surface area contributed by atoms with Crippen LogP contribution in [0.15, 0.2) is 23.4 Å². The summed E-state index contributed by atoms with van der Waals surface area (Å²) in [6.45, 7) is 3.83. The Hall–Kier alpha value is -1.62. The summed E-state index contributed by atoms with van der Waals surface area (Å²) in [7, 11) is 2.08. The summed E-state index contributed by atoms with van der Waals surface area (Å²) in [4.78, 5) is 6.70. The van der Waals surface area contributed by atoms with Crippen LogP contribution < -0.4 is 5.73 Å². The molecule has 3 N–H and O–H groups in total. The Balaban J connectivity index is 2.23. The smallest absolute Gasteiger partial charge is 0.139 e. The van der Waals surface area contributed by atoms with E-state index in [1.54, 1.807) is 0 Å². The van der Waals surface area contributed by atoms with E-state index in [1.165, 1.54) is 0 Å². The fourth-order valence-electron chi connectivity index (χ4n) is 1.78. The number of rotatable bonds is 7. The molecule has 0 aliphatic heterocycles. The first-order valence-corrected chi connectivity index (χ1v) is 6.19. The quantitative estimate of drug-likeness (QED) is 0.254. The van der Waals surface area contributed by atoms with E-state index in [9.17, 15) is 0 Å². The van der Waals surface area contributed by atoms with Crippen molar-refractivity contribution in [2.75, 3.05) is 13.6 Å². The first kappa shape index (κ1) is 14.4. The molecular weight excluding hydrogens is 228 g/mol. The largest absolute Gasteiger partial charge is 0.409 e. The fraction of sp³-hybridized carbons (Fsp3) is 0.538. The first-order chi connectivity index (χ1) is 8.61. The van der Waals surface area contributed by atoms with Gasteiger partial charge < -0.3 is 15.8 Å². The molecule has 0 spiro atoms. The third kappa shape index (κ3) is 5.63. The molecule has 1 heterocycles. The minimum absolute atomic E-state index is 0.304. The molecule has 0 bridgehead atoms. The van der Waals surface area contributed by atoms with Crippen molar-refractivity contribution in [2.45, 2.75) is 32.7 Å². The molecule has 5 nitrogen and oxygen atoms in total. The molecule has 5 heteroatoms. The highest BCUT2D eigenvalue weighted by Gasteiger charge is 2.02. The Morgan fingerprint density at radius 3 is 2.89 bits per heavy atom. The molecule has 0 saturated heterocycles. The van der Waals surface area contributed by atoms with Crippen LogP contribution in [0.1, 0.15) is 30.7 Å². The van der Waals surface area contributed by atoms with Crippen LogP contribution in [0.4, 0.5) is 0 Å². The number of hydrogen-bond donors (Lipinski definition) is 2. The monoisotopic (exact) mass is 250 g/mol. The second kappa shape index (κ2) is 7.66. The number of hydrogen-bond acceptors (Lipinski definition) is 4. The van der Waals surface area contributed by atoms with Crippen molar-refractivity contribution in [1.29, 1.82) is 0 Å². The lowest BCUT2D eigenvalue weighted by atomic mass is 10.2. The summed E-state index contributed by atoms with van der Waals surface area (Å²) in [5.74, 6) is 0.304. The van der Waals surface area contributed by atoms with Gasteiger partial charge in [0, 0.05) is 18.7 Å². The molecule has 0 radical (unpaired) electrons. The first-order valence-electron chi connectivity index (χ1n) is 6.19. The lowest BCUT2D eigenvalue weighted by Gasteiger charge is -2.16. The lowest BCUT2D eigenvalue weighted by molar-refractivity contribution is 0.310. The summed E-state index contributed by atoms with van der Waals surface area (Å²) in [6, 6.07) is 6.07. The van der Waals surface area contributed by atoms with E-state index < -0.39 is 0 Å². The SMILES string of the molecule is Cc1cccc(CN(C)CCCCC(N)=NO)n1. The number of oxime groups is 1. The van der Waals surface area contributed by atoms with Gasteiger partial charge in [0.15, 0.2) is 0 Å². The lowest BCUT2D eigenvalue weighted by Crippen LogP contribution is -2.20. The molecule has 0 saturated carbocycles. The number of nitrogens with two attached hydrogens (primary N) is 1. The predicted octanol–water partition coefficient (Wildman–Crippen LogP) is 1.74. The third-order valence-electron chi connectivity index (χ3n) is 2.73.